The van der Waals surface area contributed by atoms with E-state index >= 15 is 0 Å². The molecule has 176 valence electrons. The van der Waals surface area contributed by atoms with Gasteiger partial charge in [0.1, 0.15) is 0 Å². The van der Waals surface area contributed by atoms with Crippen LogP contribution in [0.3, 0.4) is 0 Å². The number of benzene rings is 2. The number of ketones is 2. The minimum atomic E-state index is -0.491. The monoisotopic (exact) mass is 475 g/mol. The molecule has 0 saturated carbocycles. The largest absolute Gasteiger partial charge is 0.348 e. The molecule has 2 atom stereocenters. The van der Waals surface area contributed by atoms with Crippen LogP contribution in [0, 0.1) is 18.8 Å². The molecule has 0 radical (unpaired) electrons. The fourth-order valence-corrected chi connectivity index (χ4v) is 5.62. The van der Waals surface area contributed by atoms with Crippen LogP contribution in [0.1, 0.15) is 37.3 Å². The van der Waals surface area contributed by atoms with Crippen LogP contribution in [0.25, 0.3) is 0 Å². The maximum Gasteiger partial charge on any atom is 0.236 e. The van der Waals surface area contributed by atoms with Gasteiger partial charge in [-0.1, -0.05) is 60.7 Å². The van der Waals surface area contributed by atoms with Crippen molar-refractivity contribution in [2.75, 3.05) is 33.7 Å². The summed E-state index contributed by atoms with van der Waals surface area (Å²) in [6.45, 7) is 2.88. The summed E-state index contributed by atoms with van der Waals surface area (Å²) in [6.07, 6.45) is 0. The molecule has 7 heteroatoms. The van der Waals surface area contributed by atoms with E-state index in [1.54, 1.807) is 19.0 Å². The number of carbonyl (C=O) groups excluding carboxylic acids is 3. The summed E-state index contributed by atoms with van der Waals surface area (Å²) in [5.41, 5.74) is 2.09. The Balaban J connectivity index is 1.78. The molecule has 1 fully saturated rings. The molecule has 2 aromatic carbocycles. The zero-order valence-electron chi connectivity index (χ0n) is 19.7. The Morgan fingerprint density at radius 3 is 1.82 bits per heavy atom. The zero-order chi connectivity index (χ0) is 24.2. The first-order chi connectivity index (χ1) is 16.3. The number of rotatable bonds is 7. The highest BCUT2D eigenvalue weighted by Gasteiger charge is 2.46. The van der Waals surface area contributed by atoms with Gasteiger partial charge < -0.3 is 4.90 Å². The average Bonchev–Trinajstić information content (AvgIpc) is 3.29. The van der Waals surface area contributed by atoms with Crippen molar-refractivity contribution in [2.45, 2.75) is 12.8 Å². The number of amides is 1. The van der Waals surface area contributed by atoms with E-state index in [4.69, 9.17) is 4.98 Å². The van der Waals surface area contributed by atoms with Crippen molar-refractivity contribution in [1.29, 1.82) is 0 Å². The number of likely N-dealkylation sites (N-methyl/N-ethyl adjacent to an activating group) is 1. The van der Waals surface area contributed by atoms with Gasteiger partial charge in [0.25, 0.3) is 0 Å². The first kappa shape index (κ1) is 24.0. The molecule has 4 rings (SSSR count). The molecule has 3 aromatic rings. The van der Waals surface area contributed by atoms with Crippen LogP contribution in [0.5, 0.6) is 0 Å². The number of nitrogens with zero attached hydrogens (tertiary/aromatic N) is 3. The fourth-order valence-electron chi connectivity index (χ4n) is 4.59. The van der Waals surface area contributed by atoms with Crippen molar-refractivity contribution in [3.8, 4) is 0 Å². The predicted molar refractivity (Wildman–Crippen MR) is 133 cm³/mol. The lowest BCUT2D eigenvalue weighted by Gasteiger charge is -2.42. The number of hydrogen-bond donors (Lipinski definition) is 0. The molecule has 1 saturated heterocycles. The van der Waals surface area contributed by atoms with Crippen LogP contribution in [0.4, 0.5) is 0 Å². The Morgan fingerprint density at radius 1 is 0.912 bits per heavy atom. The molecule has 1 aromatic heterocycles. The van der Waals surface area contributed by atoms with Gasteiger partial charge in [-0.05, 0) is 6.92 Å². The SMILES string of the molecule is Cc1csc(C2[C@@H](C(=O)c3ccccc3)CN(CC(=O)N(C)C)C[C@@H]2C(=O)c2ccccc2)n1. The molecule has 0 N–H and O–H groups in total. The van der Waals surface area contributed by atoms with Gasteiger partial charge in [0.15, 0.2) is 11.6 Å². The third-order valence-electron chi connectivity index (χ3n) is 6.35. The van der Waals surface area contributed by atoms with Gasteiger partial charge in [-0.2, -0.15) is 0 Å². The van der Waals surface area contributed by atoms with Crippen molar-refractivity contribution in [3.05, 3.63) is 87.9 Å². The van der Waals surface area contributed by atoms with Crippen LogP contribution in [-0.2, 0) is 4.79 Å². The third kappa shape index (κ3) is 5.16. The number of hydrogen-bond acceptors (Lipinski definition) is 6. The van der Waals surface area contributed by atoms with E-state index in [9.17, 15) is 14.4 Å². The first-order valence-corrected chi connectivity index (χ1v) is 12.3. The summed E-state index contributed by atoms with van der Waals surface area (Å²) in [7, 11) is 3.43. The standard InChI is InChI=1S/C27H29N3O3S/c1-18-17-34-27(28-18)24-21(25(32)19-10-6-4-7-11-19)14-30(16-23(31)29(2)3)15-22(24)26(33)20-12-8-5-9-13-20/h4-13,17,21-22,24H,14-16H2,1-3H3/t21-,22-/m0/s1. The Labute approximate surface area is 204 Å². The lowest BCUT2D eigenvalue weighted by atomic mass is 9.72. The van der Waals surface area contributed by atoms with Gasteiger partial charge in [-0.3, -0.25) is 19.3 Å². The molecule has 0 aliphatic carbocycles. The van der Waals surface area contributed by atoms with Gasteiger partial charge in [0, 0.05) is 67.1 Å². The van der Waals surface area contributed by atoms with Crippen molar-refractivity contribution in [3.63, 3.8) is 0 Å². The summed E-state index contributed by atoms with van der Waals surface area (Å²) < 4.78 is 0. The van der Waals surface area contributed by atoms with Crippen LogP contribution < -0.4 is 0 Å². The van der Waals surface area contributed by atoms with Crippen LogP contribution in [0.15, 0.2) is 66.0 Å². The molecule has 0 bridgehead atoms. The Hall–Kier alpha value is -3.16. The second kappa shape index (κ2) is 10.4. The molecule has 34 heavy (non-hydrogen) atoms. The number of Topliss-reactive ketones (excluding diaryl/α,β-unsaturated/α-hetero) is 2. The summed E-state index contributed by atoms with van der Waals surface area (Å²) in [4.78, 5) is 48.4. The number of aryl methyl sites for hydroxylation is 1. The molecule has 1 aliphatic heterocycles. The molecular weight excluding hydrogens is 446 g/mol. The van der Waals surface area contributed by atoms with Crippen molar-refractivity contribution >= 4 is 28.8 Å². The highest BCUT2D eigenvalue weighted by atomic mass is 32.1. The quantitative estimate of drug-likeness (QED) is 0.484. The minimum Gasteiger partial charge on any atom is -0.348 e. The van der Waals surface area contributed by atoms with E-state index in [0.29, 0.717) is 24.2 Å². The number of carbonyl (C=O) groups is 3. The summed E-state index contributed by atoms with van der Waals surface area (Å²) in [6, 6.07) is 18.4. The van der Waals surface area contributed by atoms with Crippen LogP contribution >= 0.6 is 11.3 Å². The summed E-state index contributed by atoms with van der Waals surface area (Å²) >= 11 is 1.50. The topological polar surface area (TPSA) is 70.6 Å². The second-order valence-electron chi connectivity index (χ2n) is 9.01. The fraction of sp³-hybridized carbons (Fsp3) is 0.333. The Kier molecular flexibility index (Phi) is 7.34. The lowest BCUT2D eigenvalue weighted by Crippen LogP contribution is -2.52. The Morgan fingerprint density at radius 2 is 1.41 bits per heavy atom. The molecule has 2 heterocycles. The number of aromatic nitrogens is 1. The normalized spacial score (nSPS) is 19.0. The van der Waals surface area contributed by atoms with Gasteiger partial charge >= 0.3 is 0 Å². The van der Waals surface area contributed by atoms with E-state index in [2.05, 4.69) is 0 Å². The molecule has 1 amide bonds. The maximum absolute atomic E-state index is 13.8. The van der Waals surface area contributed by atoms with Gasteiger partial charge in [-0.25, -0.2) is 4.98 Å². The van der Waals surface area contributed by atoms with Crippen molar-refractivity contribution < 1.29 is 14.4 Å². The van der Waals surface area contributed by atoms with Crippen molar-refractivity contribution in [2.24, 2.45) is 11.8 Å². The van der Waals surface area contributed by atoms with Crippen molar-refractivity contribution in [1.82, 2.24) is 14.8 Å². The highest BCUT2D eigenvalue weighted by Crippen LogP contribution is 2.41. The van der Waals surface area contributed by atoms with Gasteiger partial charge in [-0.15, -0.1) is 11.3 Å². The van der Waals surface area contributed by atoms with Gasteiger partial charge in [0.05, 0.1) is 11.6 Å². The first-order valence-electron chi connectivity index (χ1n) is 11.4. The third-order valence-corrected chi connectivity index (χ3v) is 7.41. The van der Waals surface area contributed by atoms with E-state index in [1.807, 2.05) is 77.9 Å². The molecule has 0 unspecified atom stereocenters. The average molecular weight is 476 g/mol. The summed E-state index contributed by atoms with van der Waals surface area (Å²) in [5.74, 6) is -1.44. The molecule has 1 aliphatic rings. The van der Waals surface area contributed by atoms with Crippen LogP contribution in [0.2, 0.25) is 0 Å². The van der Waals surface area contributed by atoms with E-state index in [-0.39, 0.29) is 29.9 Å². The molecule has 6 nitrogen and oxygen atoms in total. The predicted octanol–water partition coefficient (Wildman–Crippen LogP) is 3.94. The Bertz CT molecular complexity index is 1100. The van der Waals surface area contributed by atoms with Gasteiger partial charge in [0.2, 0.25) is 5.91 Å². The number of piperidine rings is 1. The maximum atomic E-state index is 13.8. The number of thiazole rings is 1. The zero-order valence-corrected chi connectivity index (χ0v) is 20.5. The number of likely N-dealkylation sites (tertiary alicyclic amines) is 1. The molecular formula is C27H29N3O3S. The summed E-state index contributed by atoms with van der Waals surface area (Å²) in [5, 5.41) is 2.77. The van der Waals surface area contributed by atoms with E-state index in [0.717, 1.165) is 10.7 Å². The highest BCUT2D eigenvalue weighted by molar-refractivity contribution is 7.09. The molecule has 0 spiro atoms. The smallest absolute Gasteiger partial charge is 0.236 e. The second-order valence-corrected chi connectivity index (χ2v) is 9.90. The lowest BCUT2D eigenvalue weighted by molar-refractivity contribution is -0.130. The van der Waals surface area contributed by atoms with Crippen LogP contribution in [-0.4, -0.2) is 66.0 Å². The van der Waals surface area contributed by atoms with E-state index < -0.39 is 11.8 Å². The minimum absolute atomic E-state index is 0.0219. The van der Waals surface area contributed by atoms with E-state index in [1.165, 1.54) is 11.3 Å².